The van der Waals surface area contributed by atoms with Crippen LogP contribution in [0.1, 0.15) is 18.7 Å². The average Bonchev–Trinajstić information content (AvgIpc) is 2.64. The third-order valence-electron chi connectivity index (χ3n) is 1.85. The van der Waals surface area contributed by atoms with Crippen molar-refractivity contribution in [1.29, 1.82) is 0 Å². The first-order chi connectivity index (χ1) is 7.02. The highest BCUT2D eigenvalue weighted by Gasteiger charge is 2.20. The Balaban J connectivity index is 3.03. The second-order valence-electron chi connectivity index (χ2n) is 3.40. The Morgan fingerprint density at radius 1 is 1.47 bits per heavy atom. The van der Waals surface area contributed by atoms with Crippen LogP contribution in [0.25, 0.3) is 6.08 Å². The molecule has 0 radical (unpaired) electrons. The van der Waals surface area contributed by atoms with Gasteiger partial charge in [-0.2, -0.15) is 0 Å². The van der Waals surface area contributed by atoms with E-state index >= 15 is 0 Å². The summed E-state index contributed by atoms with van der Waals surface area (Å²) in [6.45, 7) is 3.38. The highest BCUT2D eigenvalue weighted by atomic mass is 32.1. The van der Waals surface area contributed by atoms with E-state index in [-0.39, 0.29) is 17.3 Å². The number of carboxylic acid groups (broad SMARTS) is 1. The lowest BCUT2D eigenvalue weighted by molar-refractivity contribution is -0.135. The number of hydrogen-bond acceptors (Lipinski definition) is 3. The van der Waals surface area contributed by atoms with Crippen molar-refractivity contribution in [2.45, 2.75) is 13.8 Å². The number of ketones is 1. The molecule has 1 rings (SSSR count). The lowest BCUT2D eigenvalue weighted by Crippen LogP contribution is -2.17. The van der Waals surface area contributed by atoms with Crippen molar-refractivity contribution in [3.63, 3.8) is 0 Å². The topological polar surface area (TPSA) is 54.4 Å². The van der Waals surface area contributed by atoms with Crippen LogP contribution < -0.4 is 0 Å². The van der Waals surface area contributed by atoms with Crippen molar-refractivity contribution in [1.82, 2.24) is 0 Å². The van der Waals surface area contributed by atoms with E-state index in [1.54, 1.807) is 19.9 Å². The van der Waals surface area contributed by atoms with Crippen LogP contribution in [0.4, 0.5) is 0 Å². The third-order valence-corrected chi connectivity index (χ3v) is 2.67. The molecule has 0 bridgehead atoms. The highest BCUT2D eigenvalue weighted by molar-refractivity contribution is 7.10. The molecular formula is C11H12O3S. The molecule has 0 fully saturated rings. The van der Waals surface area contributed by atoms with Gasteiger partial charge < -0.3 is 5.11 Å². The first-order valence-electron chi connectivity index (χ1n) is 4.55. The maximum atomic E-state index is 11.6. The zero-order valence-electron chi connectivity index (χ0n) is 8.56. The number of carbonyl (C=O) groups excluding carboxylic acids is 1. The smallest absolute Gasteiger partial charge is 0.339 e. The van der Waals surface area contributed by atoms with Crippen molar-refractivity contribution < 1.29 is 14.7 Å². The molecule has 1 aromatic rings. The Kier molecular flexibility index (Phi) is 3.80. The first kappa shape index (κ1) is 11.7. The quantitative estimate of drug-likeness (QED) is 0.485. The number of aliphatic carboxylic acids is 1. The highest BCUT2D eigenvalue weighted by Crippen LogP contribution is 2.16. The van der Waals surface area contributed by atoms with E-state index in [9.17, 15) is 9.59 Å². The largest absolute Gasteiger partial charge is 0.478 e. The van der Waals surface area contributed by atoms with Gasteiger partial charge in [-0.05, 0) is 17.5 Å². The Morgan fingerprint density at radius 2 is 2.13 bits per heavy atom. The lowest BCUT2D eigenvalue weighted by atomic mass is 10.0. The second-order valence-corrected chi connectivity index (χ2v) is 4.38. The fourth-order valence-corrected chi connectivity index (χ4v) is 1.72. The molecule has 0 unspecified atom stereocenters. The summed E-state index contributed by atoms with van der Waals surface area (Å²) in [7, 11) is 0. The van der Waals surface area contributed by atoms with Gasteiger partial charge in [0.15, 0.2) is 5.78 Å². The summed E-state index contributed by atoms with van der Waals surface area (Å²) in [5.41, 5.74) is -0.146. The molecule has 0 aliphatic rings. The molecule has 15 heavy (non-hydrogen) atoms. The molecule has 1 aromatic heterocycles. The number of Topliss-reactive ketones (excluding diaryl/α,β-unsaturated/α-hetero) is 1. The summed E-state index contributed by atoms with van der Waals surface area (Å²) in [6.07, 6.45) is 1.43. The molecule has 0 spiro atoms. The van der Waals surface area contributed by atoms with E-state index in [0.29, 0.717) is 0 Å². The molecule has 0 aliphatic heterocycles. The zero-order valence-corrected chi connectivity index (χ0v) is 9.38. The van der Waals surface area contributed by atoms with E-state index < -0.39 is 5.97 Å². The van der Waals surface area contributed by atoms with Crippen LogP contribution in [0.3, 0.4) is 0 Å². The Labute approximate surface area is 92.1 Å². The molecule has 1 N–H and O–H groups in total. The summed E-state index contributed by atoms with van der Waals surface area (Å²) in [4.78, 5) is 23.2. The molecule has 0 saturated heterocycles. The van der Waals surface area contributed by atoms with E-state index in [4.69, 9.17) is 5.11 Å². The van der Waals surface area contributed by atoms with Crippen LogP contribution in [-0.4, -0.2) is 16.9 Å². The van der Waals surface area contributed by atoms with Gasteiger partial charge in [-0.15, -0.1) is 11.3 Å². The van der Waals surface area contributed by atoms with Crippen molar-refractivity contribution in [2.75, 3.05) is 0 Å². The molecule has 0 saturated carbocycles. The summed E-state index contributed by atoms with van der Waals surface area (Å²) in [5.74, 6) is -1.80. The van der Waals surface area contributed by atoms with Crippen LogP contribution in [-0.2, 0) is 9.59 Å². The van der Waals surface area contributed by atoms with Crippen LogP contribution in [0.2, 0.25) is 0 Å². The number of rotatable bonds is 4. The average molecular weight is 224 g/mol. The van der Waals surface area contributed by atoms with Crippen molar-refractivity contribution in [2.24, 2.45) is 5.92 Å². The van der Waals surface area contributed by atoms with Gasteiger partial charge in [0.05, 0.1) is 0 Å². The van der Waals surface area contributed by atoms with Crippen LogP contribution in [0, 0.1) is 5.92 Å². The first-order valence-corrected chi connectivity index (χ1v) is 5.43. The van der Waals surface area contributed by atoms with Crippen molar-refractivity contribution in [3.05, 3.63) is 28.0 Å². The Hall–Kier alpha value is -1.42. The van der Waals surface area contributed by atoms with E-state index in [0.717, 1.165) is 4.88 Å². The maximum absolute atomic E-state index is 11.6. The lowest BCUT2D eigenvalue weighted by Gasteiger charge is -2.03. The van der Waals surface area contributed by atoms with Crippen molar-refractivity contribution >= 4 is 29.2 Å². The van der Waals surface area contributed by atoms with Gasteiger partial charge in [0, 0.05) is 10.8 Å². The number of carboxylic acids is 1. The summed E-state index contributed by atoms with van der Waals surface area (Å²) in [6, 6.07) is 3.59. The molecule has 80 valence electrons. The van der Waals surface area contributed by atoms with Gasteiger partial charge in [0.25, 0.3) is 0 Å². The fraction of sp³-hybridized carbons (Fsp3) is 0.273. The monoisotopic (exact) mass is 224 g/mol. The Bertz CT molecular complexity index is 388. The summed E-state index contributed by atoms with van der Waals surface area (Å²) >= 11 is 1.41. The van der Waals surface area contributed by atoms with E-state index in [1.807, 2.05) is 11.4 Å². The second kappa shape index (κ2) is 4.89. The molecule has 4 heteroatoms. The van der Waals surface area contributed by atoms with Crippen molar-refractivity contribution in [3.8, 4) is 0 Å². The van der Waals surface area contributed by atoms with Gasteiger partial charge >= 0.3 is 5.97 Å². The standard InChI is InChI=1S/C11H12O3S/c1-7(2)10(12)9(11(13)14)6-8-4-3-5-15-8/h3-7H,1-2H3,(H,13,14). The van der Waals surface area contributed by atoms with Gasteiger partial charge in [-0.25, -0.2) is 4.79 Å². The van der Waals surface area contributed by atoms with Gasteiger partial charge in [-0.1, -0.05) is 19.9 Å². The molecule has 1 heterocycles. The SMILES string of the molecule is CC(C)C(=O)C(=Cc1cccs1)C(=O)O. The number of carbonyl (C=O) groups is 2. The maximum Gasteiger partial charge on any atom is 0.339 e. The van der Waals surface area contributed by atoms with Crippen LogP contribution in [0.5, 0.6) is 0 Å². The van der Waals surface area contributed by atoms with Gasteiger partial charge in [-0.3, -0.25) is 4.79 Å². The number of hydrogen-bond donors (Lipinski definition) is 1. The van der Waals surface area contributed by atoms with Gasteiger partial charge in [0.2, 0.25) is 0 Å². The molecule has 0 aliphatic carbocycles. The summed E-state index contributed by atoms with van der Waals surface area (Å²) < 4.78 is 0. The van der Waals surface area contributed by atoms with Crippen LogP contribution >= 0.6 is 11.3 Å². The molecular weight excluding hydrogens is 212 g/mol. The molecule has 0 amide bonds. The van der Waals surface area contributed by atoms with E-state index in [2.05, 4.69) is 0 Å². The minimum Gasteiger partial charge on any atom is -0.478 e. The zero-order chi connectivity index (χ0) is 11.4. The minimum atomic E-state index is -1.16. The third kappa shape index (κ3) is 3.02. The molecule has 3 nitrogen and oxygen atoms in total. The Morgan fingerprint density at radius 3 is 2.53 bits per heavy atom. The minimum absolute atomic E-state index is 0.146. The van der Waals surface area contributed by atoms with Crippen LogP contribution in [0.15, 0.2) is 23.1 Å². The predicted octanol–water partition coefficient (Wildman–Crippen LogP) is 2.44. The molecule has 0 aromatic carbocycles. The van der Waals surface area contributed by atoms with Gasteiger partial charge in [0.1, 0.15) is 5.57 Å². The predicted molar refractivity (Wildman–Crippen MR) is 59.8 cm³/mol. The van der Waals surface area contributed by atoms with E-state index in [1.165, 1.54) is 17.4 Å². The summed E-state index contributed by atoms with van der Waals surface area (Å²) in [5, 5.41) is 10.7. The normalized spacial score (nSPS) is 11.8. The molecule has 0 atom stereocenters. The fourth-order valence-electron chi connectivity index (χ4n) is 1.06. The number of thiophene rings is 1.